The first kappa shape index (κ1) is 49.4. The molecule has 0 saturated carbocycles. The summed E-state index contributed by atoms with van der Waals surface area (Å²) in [7, 11) is -0.268. The lowest BCUT2D eigenvalue weighted by atomic mass is 9.75. The number of benzene rings is 4. The monoisotopic (exact) mass is 863 g/mol. The number of ether oxygens (including phenoxy) is 1. The normalized spacial score (nSPS) is 13.9. The molecule has 0 unspecified atom stereocenters. The first-order chi connectivity index (χ1) is 27.7. The van der Waals surface area contributed by atoms with Gasteiger partial charge in [0, 0.05) is 44.2 Å². The van der Waals surface area contributed by atoms with Gasteiger partial charge in [-0.3, -0.25) is 0 Å². The minimum absolute atomic E-state index is 0.101. The number of methoxy groups -OCH3 is 1. The zero-order valence-electron chi connectivity index (χ0n) is 43.7. The Kier molecular flexibility index (Phi) is 12.6. The van der Waals surface area contributed by atoms with Crippen LogP contribution in [-0.2, 0) is 43.3 Å². The van der Waals surface area contributed by atoms with E-state index in [9.17, 15) is 0 Å². The van der Waals surface area contributed by atoms with Gasteiger partial charge in [0.2, 0.25) is 0 Å². The van der Waals surface area contributed by atoms with E-state index in [0.717, 1.165) is 66.8 Å². The maximum Gasteiger partial charge on any atom is 0.453 e. The SMILES string of the molecule is COc1c(-c2cc(C(C)(C)C)cc(C(C)(C)C)c2Op2oc3c(C(C)(C)C)cc(C(C)(C)C)cc3c3cc(C(C)(C)C)cc(C(C)(C)C)c3o2)cc(C(C)(C)C)cc1C(C)(C)C. The van der Waals surface area contributed by atoms with E-state index in [1.54, 1.807) is 7.11 Å². The molecule has 340 valence electrons. The zero-order valence-corrected chi connectivity index (χ0v) is 44.6. The predicted molar refractivity (Wildman–Crippen MR) is 270 cm³/mol. The standard InChI is InChI=1S/C57H83O4P/c1-50(2,3)34-26-38(46(58-25)42(30-34)54(13,14)15)39-27-35(51(4,5)6)31-43(55(16,17)18)47(39)59-62-60-48-40(28-36(52(7,8)9)32-44(48)56(19,20)21)41-29-37(53(10,11)12)33-45(49(41)61-62)57(22,23)24/h26-33H,1-25H3. The summed E-state index contributed by atoms with van der Waals surface area (Å²) in [5.41, 5.74) is 11.7. The van der Waals surface area contributed by atoms with Gasteiger partial charge < -0.3 is 17.7 Å². The van der Waals surface area contributed by atoms with Gasteiger partial charge in [0.15, 0.2) is 0 Å². The fraction of sp³-hybridized carbons (Fsp3) is 0.579. The third-order valence-corrected chi connectivity index (χ3v) is 13.3. The van der Waals surface area contributed by atoms with Gasteiger partial charge in [0.25, 0.3) is 0 Å². The Morgan fingerprint density at radius 3 is 0.903 bits per heavy atom. The van der Waals surface area contributed by atoms with Crippen LogP contribution in [0, 0.1) is 0 Å². The van der Waals surface area contributed by atoms with Gasteiger partial charge in [-0.05, 0) is 89.8 Å². The fourth-order valence-corrected chi connectivity index (χ4v) is 9.22. The summed E-state index contributed by atoms with van der Waals surface area (Å²) in [4.78, 5) is 0. The van der Waals surface area contributed by atoms with Crippen LogP contribution in [0.5, 0.6) is 11.5 Å². The minimum Gasteiger partial charge on any atom is -0.496 e. The van der Waals surface area contributed by atoms with E-state index in [4.69, 9.17) is 17.7 Å². The average molecular weight is 863 g/mol. The van der Waals surface area contributed by atoms with Crippen molar-refractivity contribution in [1.82, 2.24) is 0 Å². The van der Waals surface area contributed by atoms with Crippen LogP contribution in [0.4, 0.5) is 0 Å². The molecular weight excluding hydrogens is 780 g/mol. The van der Waals surface area contributed by atoms with Gasteiger partial charge in [0.1, 0.15) is 22.7 Å². The molecule has 0 radical (unpaired) electrons. The maximum absolute atomic E-state index is 7.61. The molecule has 0 aliphatic heterocycles. The topological polar surface area (TPSA) is 44.7 Å². The Labute approximate surface area is 378 Å². The highest BCUT2D eigenvalue weighted by Crippen LogP contribution is 2.53. The van der Waals surface area contributed by atoms with Crippen LogP contribution in [0.15, 0.2) is 56.9 Å². The molecule has 0 saturated heterocycles. The molecule has 0 N–H and O–H groups in total. The van der Waals surface area contributed by atoms with Crippen molar-refractivity contribution in [2.75, 3.05) is 7.11 Å². The number of rotatable bonds is 4. The predicted octanol–water partition coefficient (Wildman–Crippen LogP) is 18.2. The fourth-order valence-electron chi connectivity index (χ4n) is 8.07. The Morgan fingerprint density at radius 1 is 0.339 bits per heavy atom. The Balaban J connectivity index is 2.13. The van der Waals surface area contributed by atoms with Gasteiger partial charge in [-0.1, -0.05) is 190 Å². The molecule has 62 heavy (non-hydrogen) atoms. The molecule has 0 spiro atoms. The van der Waals surface area contributed by atoms with Crippen molar-refractivity contribution < 1.29 is 17.7 Å². The van der Waals surface area contributed by atoms with E-state index in [-0.39, 0.29) is 43.3 Å². The maximum atomic E-state index is 7.61. The molecular formula is C57H83O4P. The molecule has 0 bridgehead atoms. The second-order valence-electron chi connectivity index (χ2n) is 26.3. The van der Waals surface area contributed by atoms with Crippen molar-refractivity contribution in [2.45, 2.75) is 209 Å². The molecule has 5 heteroatoms. The molecule has 1 heterocycles. The van der Waals surface area contributed by atoms with Crippen molar-refractivity contribution >= 4 is 30.2 Å². The Hall–Kier alpha value is -3.62. The van der Waals surface area contributed by atoms with E-state index in [0.29, 0.717) is 0 Å². The summed E-state index contributed by atoms with van der Waals surface area (Å²) < 4.78 is 28.9. The van der Waals surface area contributed by atoms with Gasteiger partial charge in [-0.25, -0.2) is 0 Å². The van der Waals surface area contributed by atoms with Crippen LogP contribution in [0.3, 0.4) is 0 Å². The summed E-state index contributed by atoms with van der Waals surface area (Å²) in [6.45, 7) is 54.8. The van der Waals surface area contributed by atoms with Crippen molar-refractivity contribution in [3.8, 4) is 22.6 Å². The Bertz CT molecular complexity index is 2430. The van der Waals surface area contributed by atoms with Gasteiger partial charge in [-0.15, -0.1) is 0 Å². The molecule has 4 nitrogen and oxygen atoms in total. The lowest BCUT2D eigenvalue weighted by Crippen LogP contribution is -2.19. The lowest BCUT2D eigenvalue weighted by molar-refractivity contribution is 0.398. The highest BCUT2D eigenvalue weighted by Gasteiger charge is 2.34. The average Bonchev–Trinajstić information content (AvgIpc) is 3.23. The second-order valence-corrected chi connectivity index (χ2v) is 27.3. The van der Waals surface area contributed by atoms with Crippen molar-refractivity contribution in [3.63, 3.8) is 0 Å². The molecule has 5 aromatic rings. The molecule has 0 aliphatic rings. The van der Waals surface area contributed by atoms with E-state index < -0.39 is 8.24 Å². The lowest BCUT2D eigenvalue weighted by Gasteiger charge is -2.32. The van der Waals surface area contributed by atoms with Crippen LogP contribution in [0.2, 0.25) is 0 Å². The third-order valence-electron chi connectivity index (χ3n) is 12.3. The quantitative estimate of drug-likeness (QED) is 0.181. The van der Waals surface area contributed by atoms with Crippen molar-refractivity contribution in [1.29, 1.82) is 0 Å². The second kappa shape index (κ2) is 15.8. The third kappa shape index (κ3) is 10.2. The first-order valence-electron chi connectivity index (χ1n) is 22.9. The summed E-state index contributed by atoms with van der Waals surface area (Å²) in [6.07, 6.45) is 0. The first-order valence-corrected chi connectivity index (χ1v) is 24.0. The highest BCUT2D eigenvalue weighted by molar-refractivity contribution is 7.32. The van der Waals surface area contributed by atoms with Crippen molar-refractivity contribution in [2.24, 2.45) is 0 Å². The highest BCUT2D eigenvalue weighted by atomic mass is 31.1. The smallest absolute Gasteiger partial charge is 0.453 e. The number of fused-ring (bicyclic) bond motifs is 3. The summed E-state index contributed by atoms with van der Waals surface area (Å²) in [5, 5.41) is 2.10. The molecule has 0 amide bonds. The summed E-state index contributed by atoms with van der Waals surface area (Å²) in [6, 6.07) is 18.8. The molecule has 4 aromatic carbocycles. The zero-order chi connectivity index (χ0) is 47.3. The number of hydrogen-bond acceptors (Lipinski definition) is 4. The van der Waals surface area contributed by atoms with E-state index in [1.807, 2.05) is 0 Å². The van der Waals surface area contributed by atoms with Gasteiger partial charge in [-0.2, -0.15) is 0 Å². The number of hydrogen-bond donors (Lipinski definition) is 0. The molecule has 1 aromatic heterocycles. The van der Waals surface area contributed by atoms with E-state index >= 15 is 0 Å². The largest absolute Gasteiger partial charge is 0.496 e. The minimum atomic E-state index is -2.07. The van der Waals surface area contributed by atoms with Crippen LogP contribution >= 0.6 is 8.24 Å². The molecule has 5 rings (SSSR count). The van der Waals surface area contributed by atoms with E-state index in [1.165, 1.54) is 22.3 Å². The molecule has 0 aliphatic carbocycles. The van der Waals surface area contributed by atoms with Crippen LogP contribution in [0.1, 0.15) is 211 Å². The molecule has 0 atom stereocenters. The van der Waals surface area contributed by atoms with Gasteiger partial charge >= 0.3 is 8.24 Å². The summed E-state index contributed by atoms with van der Waals surface area (Å²) >= 11 is 0. The molecule has 0 fully saturated rings. The van der Waals surface area contributed by atoms with Crippen LogP contribution < -0.4 is 9.26 Å². The van der Waals surface area contributed by atoms with Gasteiger partial charge in [0.05, 0.1) is 7.11 Å². The van der Waals surface area contributed by atoms with Crippen LogP contribution in [0.25, 0.3) is 33.1 Å². The Morgan fingerprint density at radius 2 is 0.613 bits per heavy atom. The summed E-state index contributed by atoms with van der Waals surface area (Å²) in [5.74, 6) is 1.62. The van der Waals surface area contributed by atoms with Crippen molar-refractivity contribution in [3.05, 3.63) is 93.0 Å². The van der Waals surface area contributed by atoms with Crippen LogP contribution in [-0.4, -0.2) is 7.11 Å². The van der Waals surface area contributed by atoms with E-state index in [2.05, 4.69) is 215 Å².